The second-order valence-corrected chi connectivity index (χ2v) is 7.56. The minimum atomic E-state index is -0.546. The molecule has 0 saturated heterocycles. The fraction of sp³-hybridized carbons (Fsp3) is 0.143. The van der Waals surface area contributed by atoms with E-state index in [-0.39, 0.29) is 11.8 Å². The van der Waals surface area contributed by atoms with Gasteiger partial charge in [0.15, 0.2) is 0 Å². The molecule has 0 saturated carbocycles. The van der Waals surface area contributed by atoms with Crippen molar-refractivity contribution in [1.82, 2.24) is 0 Å². The van der Waals surface area contributed by atoms with E-state index in [1.807, 2.05) is 30.3 Å². The molecule has 0 bridgehead atoms. The summed E-state index contributed by atoms with van der Waals surface area (Å²) in [6, 6.07) is 19.6. The molecule has 3 aromatic carbocycles. The third-order valence-electron chi connectivity index (χ3n) is 5.00. The Hall–Kier alpha value is -3.99. The van der Waals surface area contributed by atoms with Crippen LogP contribution in [0.4, 0.5) is 4.39 Å². The maximum Gasteiger partial charge on any atom is 0.335 e. The molecule has 0 heterocycles. The Morgan fingerprint density at radius 2 is 1.58 bits per heavy atom. The number of carbonyl (C=O) groups is 2. The Morgan fingerprint density at radius 1 is 0.939 bits per heavy atom. The Morgan fingerprint density at radius 3 is 2.18 bits per heavy atom. The van der Waals surface area contributed by atoms with Crippen LogP contribution >= 0.6 is 0 Å². The first-order chi connectivity index (χ1) is 15.9. The number of ether oxygens (including phenoxy) is 2. The molecule has 4 nitrogen and oxygen atoms in total. The second-order valence-electron chi connectivity index (χ2n) is 7.56. The fourth-order valence-electron chi connectivity index (χ4n) is 3.22. The van der Waals surface area contributed by atoms with Crippen LogP contribution < -0.4 is 4.74 Å². The van der Waals surface area contributed by atoms with Crippen LogP contribution in [0.15, 0.2) is 91.5 Å². The molecule has 0 unspecified atom stereocenters. The standard InChI is InChI=1S/C28H25FO4/c1-4-27(30)33-24-14-11-22(12-15-24)25-16-13-23(18-26(25)29)21-9-7-20(8-10-21)6-5-17-32-28(31)19(2)3/h4,7-16,18H,1-2,5-6,17H2,3H3. The summed E-state index contributed by atoms with van der Waals surface area (Å²) in [7, 11) is 0. The van der Waals surface area contributed by atoms with Crippen molar-refractivity contribution in [3.05, 3.63) is 103 Å². The predicted octanol–water partition coefficient (Wildman–Crippen LogP) is 6.30. The number of aryl methyl sites for hydroxylation is 1. The summed E-state index contributed by atoms with van der Waals surface area (Å²) in [5, 5.41) is 0. The van der Waals surface area contributed by atoms with Crippen LogP contribution in [0.1, 0.15) is 18.9 Å². The summed E-state index contributed by atoms with van der Waals surface area (Å²) < 4.78 is 25.0. The van der Waals surface area contributed by atoms with Crippen molar-refractivity contribution < 1.29 is 23.5 Å². The van der Waals surface area contributed by atoms with Crippen LogP contribution in [-0.2, 0) is 20.7 Å². The molecule has 0 radical (unpaired) electrons. The topological polar surface area (TPSA) is 52.6 Å². The number of hydrogen-bond donors (Lipinski definition) is 0. The Balaban J connectivity index is 1.63. The number of rotatable bonds is 9. The van der Waals surface area contributed by atoms with E-state index in [9.17, 15) is 14.0 Å². The molecule has 0 N–H and O–H groups in total. The maximum absolute atomic E-state index is 14.8. The lowest BCUT2D eigenvalue weighted by molar-refractivity contribution is -0.139. The van der Waals surface area contributed by atoms with Crippen LogP contribution in [-0.4, -0.2) is 18.5 Å². The van der Waals surface area contributed by atoms with E-state index < -0.39 is 5.97 Å². The van der Waals surface area contributed by atoms with E-state index in [4.69, 9.17) is 9.47 Å². The molecule has 5 heteroatoms. The summed E-state index contributed by atoms with van der Waals surface area (Å²) >= 11 is 0. The van der Waals surface area contributed by atoms with Crippen molar-refractivity contribution in [2.24, 2.45) is 0 Å². The van der Waals surface area contributed by atoms with Crippen molar-refractivity contribution in [1.29, 1.82) is 0 Å². The molecule has 0 fully saturated rings. The zero-order valence-electron chi connectivity index (χ0n) is 18.5. The van der Waals surface area contributed by atoms with Crippen LogP contribution in [0.25, 0.3) is 22.3 Å². The van der Waals surface area contributed by atoms with Crippen molar-refractivity contribution in [3.8, 4) is 28.0 Å². The summed E-state index contributed by atoms with van der Waals surface area (Å²) in [5.41, 5.74) is 4.32. The van der Waals surface area contributed by atoms with Crippen LogP contribution in [0.3, 0.4) is 0 Å². The first-order valence-corrected chi connectivity index (χ1v) is 10.5. The molecule has 0 aliphatic heterocycles. The highest BCUT2D eigenvalue weighted by Crippen LogP contribution is 2.29. The molecular formula is C28H25FO4. The van der Waals surface area contributed by atoms with E-state index in [2.05, 4.69) is 13.2 Å². The largest absolute Gasteiger partial charge is 0.462 e. The van der Waals surface area contributed by atoms with Crippen LogP contribution in [0.5, 0.6) is 5.75 Å². The quantitative estimate of drug-likeness (QED) is 0.168. The zero-order chi connectivity index (χ0) is 23.8. The van der Waals surface area contributed by atoms with Gasteiger partial charge in [0, 0.05) is 17.2 Å². The van der Waals surface area contributed by atoms with Crippen molar-refractivity contribution in [2.75, 3.05) is 6.61 Å². The highest BCUT2D eigenvalue weighted by atomic mass is 19.1. The summed E-state index contributed by atoms with van der Waals surface area (Å²) in [6.07, 6.45) is 2.57. The number of hydrogen-bond acceptors (Lipinski definition) is 4. The predicted molar refractivity (Wildman–Crippen MR) is 127 cm³/mol. The minimum absolute atomic E-state index is 0.341. The lowest BCUT2D eigenvalue weighted by Crippen LogP contribution is -2.06. The van der Waals surface area contributed by atoms with Crippen LogP contribution in [0, 0.1) is 5.82 Å². The zero-order valence-corrected chi connectivity index (χ0v) is 18.5. The van der Waals surface area contributed by atoms with Gasteiger partial charge in [0.25, 0.3) is 0 Å². The smallest absolute Gasteiger partial charge is 0.335 e. The molecule has 168 valence electrons. The van der Waals surface area contributed by atoms with Gasteiger partial charge in [-0.25, -0.2) is 14.0 Å². The van der Waals surface area contributed by atoms with Gasteiger partial charge >= 0.3 is 11.9 Å². The van der Waals surface area contributed by atoms with Crippen molar-refractivity contribution in [3.63, 3.8) is 0 Å². The van der Waals surface area contributed by atoms with Gasteiger partial charge in [0.2, 0.25) is 0 Å². The summed E-state index contributed by atoms with van der Waals surface area (Å²) in [6.45, 7) is 8.88. The molecule has 0 aromatic heterocycles. The molecule has 33 heavy (non-hydrogen) atoms. The number of carbonyl (C=O) groups excluding carboxylic acids is 2. The highest BCUT2D eigenvalue weighted by molar-refractivity contribution is 5.86. The molecule has 0 aliphatic rings. The first-order valence-electron chi connectivity index (χ1n) is 10.5. The van der Waals surface area contributed by atoms with Gasteiger partial charge in [-0.05, 0) is 60.2 Å². The number of benzene rings is 3. The lowest BCUT2D eigenvalue weighted by Gasteiger charge is -2.09. The first kappa shape index (κ1) is 23.7. The molecule has 3 aromatic rings. The van der Waals surface area contributed by atoms with Gasteiger partial charge in [-0.15, -0.1) is 0 Å². The fourth-order valence-corrected chi connectivity index (χ4v) is 3.22. The molecular weight excluding hydrogens is 419 g/mol. The highest BCUT2D eigenvalue weighted by Gasteiger charge is 2.09. The maximum atomic E-state index is 14.8. The SMILES string of the molecule is C=CC(=O)Oc1ccc(-c2ccc(-c3ccc(CCCOC(=O)C(=C)C)cc3)cc2F)cc1. The van der Waals surface area contributed by atoms with Gasteiger partial charge in [-0.2, -0.15) is 0 Å². The number of halogens is 1. The van der Waals surface area contributed by atoms with Crippen LogP contribution in [0.2, 0.25) is 0 Å². The molecule has 0 aliphatic carbocycles. The van der Waals surface area contributed by atoms with E-state index in [1.54, 1.807) is 37.3 Å². The average molecular weight is 445 g/mol. The normalized spacial score (nSPS) is 10.4. The molecule has 3 rings (SSSR count). The average Bonchev–Trinajstić information content (AvgIpc) is 2.82. The molecule has 0 atom stereocenters. The molecule has 0 spiro atoms. The van der Waals surface area contributed by atoms with Gasteiger partial charge in [-0.3, -0.25) is 0 Å². The summed E-state index contributed by atoms with van der Waals surface area (Å²) in [4.78, 5) is 22.7. The van der Waals surface area contributed by atoms with Gasteiger partial charge in [-0.1, -0.05) is 61.7 Å². The third-order valence-corrected chi connectivity index (χ3v) is 5.00. The van der Waals surface area contributed by atoms with Gasteiger partial charge in [0.05, 0.1) is 6.61 Å². The number of esters is 2. The minimum Gasteiger partial charge on any atom is -0.462 e. The lowest BCUT2D eigenvalue weighted by atomic mass is 9.98. The Kier molecular flexibility index (Phi) is 7.92. The third kappa shape index (κ3) is 6.50. The van der Waals surface area contributed by atoms with Crippen molar-refractivity contribution in [2.45, 2.75) is 19.8 Å². The van der Waals surface area contributed by atoms with E-state index in [0.717, 1.165) is 29.2 Å². The Bertz CT molecular complexity index is 1160. The van der Waals surface area contributed by atoms with Crippen molar-refractivity contribution >= 4 is 11.9 Å². The Labute approximate surface area is 193 Å². The second kappa shape index (κ2) is 11.0. The van der Waals surface area contributed by atoms with E-state index in [1.165, 1.54) is 6.07 Å². The van der Waals surface area contributed by atoms with E-state index >= 15 is 0 Å². The molecule has 0 amide bonds. The van der Waals surface area contributed by atoms with E-state index in [0.29, 0.717) is 35.5 Å². The van der Waals surface area contributed by atoms with Gasteiger partial charge < -0.3 is 9.47 Å². The van der Waals surface area contributed by atoms with Gasteiger partial charge in [0.1, 0.15) is 11.6 Å². The summed E-state index contributed by atoms with van der Waals surface area (Å²) in [5.74, 6) is -0.889. The monoisotopic (exact) mass is 444 g/mol.